The van der Waals surface area contributed by atoms with Crippen molar-refractivity contribution in [3.63, 3.8) is 0 Å². The van der Waals surface area contributed by atoms with E-state index in [9.17, 15) is 4.79 Å². The predicted molar refractivity (Wildman–Crippen MR) is 127 cm³/mol. The summed E-state index contributed by atoms with van der Waals surface area (Å²) in [7, 11) is 0. The molecule has 0 radical (unpaired) electrons. The molecule has 4 fully saturated rings. The number of carbonyl (C=O) groups excluding carboxylic acids is 1. The molecular formula is C27H40N2O4. The van der Waals surface area contributed by atoms with Crippen LogP contribution >= 0.6 is 0 Å². The smallest absolute Gasteiger partial charge is 0.410 e. The van der Waals surface area contributed by atoms with E-state index in [1.165, 1.54) is 44.1 Å². The SMILES string of the molecule is CC1CC2CC(C1)CC(OO[C@@H]1CCCC(c3ccc(OC(=O)N4CCNCC4)cc3)C1)C2. The molecule has 5 rings (SSSR count). The van der Waals surface area contributed by atoms with E-state index in [1.807, 2.05) is 12.1 Å². The lowest BCUT2D eigenvalue weighted by atomic mass is 9.68. The molecule has 6 nitrogen and oxygen atoms in total. The minimum Gasteiger partial charge on any atom is -0.410 e. The lowest BCUT2D eigenvalue weighted by Crippen LogP contribution is -2.47. The molecular weight excluding hydrogens is 416 g/mol. The zero-order valence-electron chi connectivity index (χ0n) is 20.0. The van der Waals surface area contributed by atoms with Gasteiger partial charge in [-0.3, -0.25) is 0 Å². The standard InChI is InChI=1S/C27H40N2O4/c1-19-13-20-15-21(14-19)17-26(16-20)33-32-25-4-2-3-23(18-25)22-5-7-24(8-6-22)31-27(30)29-11-9-28-10-12-29/h5-8,19-21,23,25-26,28H,2-4,9-18H2,1H3/t19?,20?,21?,23?,25-,26?/m1/s1. The van der Waals surface area contributed by atoms with Crippen LogP contribution in [0, 0.1) is 17.8 Å². The number of hydrogen-bond donors (Lipinski definition) is 1. The van der Waals surface area contributed by atoms with Gasteiger partial charge in [0.1, 0.15) is 5.75 Å². The molecule has 0 aromatic heterocycles. The van der Waals surface area contributed by atoms with Gasteiger partial charge in [0.2, 0.25) is 0 Å². The summed E-state index contributed by atoms with van der Waals surface area (Å²) in [5, 5.41) is 3.25. The quantitative estimate of drug-likeness (QED) is 0.483. The third-order valence-corrected chi connectivity index (χ3v) is 8.22. The highest BCUT2D eigenvalue weighted by Crippen LogP contribution is 2.44. The molecule has 4 atom stereocenters. The zero-order valence-corrected chi connectivity index (χ0v) is 20.0. The Kier molecular flexibility index (Phi) is 7.53. The van der Waals surface area contributed by atoms with E-state index in [0.717, 1.165) is 50.1 Å². The minimum atomic E-state index is -0.256. The molecule has 4 aliphatic rings. The van der Waals surface area contributed by atoms with Gasteiger partial charge in [-0.1, -0.05) is 25.5 Å². The lowest BCUT2D eigenvalue weighted by molar-refractivity contribution is -0.363. The molecule has 0 spiro atoms. The monoisotopic (exact) mass is 456 g/mol. The maximum absolute atomic E-state index is 12.3. The van der Waals surface area contributed by atoms with E-state index >= 15 is 0 Å². The number of nitrogens with one attached hydrogen (secondary N) is 1. The first-order chi connectivity index (χ1) is 16.1. The summed E-state index contributed by atoms with van der Waals surface area (Å²) in [6, 6.07) is 8.08. The molecule has 1 aliphatic heterocycles. The van der Waals surface area contributed by atoms with Crippen molar-refractivity contribution in [2.75, 3.05) is 26.2 Å². The number of nitrogens with zero attached hydrogens (tertiary/aromatic N) is 1. The van der Waals surface area contributed by atoms with Crippen LogP contribution in [0.2, 0.25) is 0 Å². The first kappa shape index (κ1) is 23.1. The first-order valence-electron chi connectivity index (χ1n) is 13.2. The van der Waals surface area contributed by atoms with Gasteiger partial charge in [0, 0.05) is 26.2 Å². The first-order valence-corrected chi connectivity index (χ1v) is 13.2. The summed E-state index contributed by atoms with van der Waals surface area (Å²) in [4.78, 5) is 26.1. The number of rotatable bonds is 5. The molecule has 1 amide bonds. The van der Waals surface area contributed by atoms with Crippen LogP contribution in [-0.2, 0) is 9.78 Å². The molecule has 3 saturated carbocycles. The van der Waals surface area contributed by atoms with Crippen LogP contribution in [0.5, 0.6) is 5.75 Å². The topological polar surface area (TPSA) is 60.0 Å². The Labute approximate surface area is 198 Å². The molecule has 1 saturated heterocycles. The summed E-state index contributed by atoms with van der Waals surface area (Å²) < 4.78 is 5.58. The van der Waals surface area contributed by atoms with Crippen molar-refractivity contribution < 1.29 is 19.3 Å². The Hall–Kier alpha value is -1.63. The van der Waals surface area contributed by atoms with E-state index in [-0.39, 0.29) is 18.3 Å². The molecule has 1 aromatic carbocycles. The number of piperazine rings is 1. The highest BCUT2D eigenvalue weighted by Gasteiger charge is 2.36. The fourth-order valence-corrected chi connectivity index (χ4v) is 6.71. The van der Waals surface area contributed by atoms with Crippen molar-refractivity contribution in [1.29, 1.82) is 0 Å². The molecule has 33 heavy (non-hydrogen) atoms. The summed E-state index contributed by atoms with van der Waals surface area (Å²) in [5.74, 6) is 3.63. The molecule has 6 heteroatoms. The number of hydrogen-bond acceptors (Lipinski definition) is 5. The molecule has 182 valence electrons. The summed E-state index contributed by atoms with van der Waals surface area (Å²) in [5.41, 5.74) is 1.30. The van der Waals surface area contributed by atoms with E-state index in [0.29, 0.717) is 24.8 Å². The largest absolute Gasteiger partial charge is 0.415 e. The summed E-state index contributed by atoms with van der Waals surface area (Å²) in [6.07, 6.45) is 11.1. The number of ether oxygens (including phenoxy) is 1. The summed E-state index contributed by atoms with van der Waals surface area (Å²) in [6.45, 7) is 5.45. The van der Waals surface area contributed by atoms with Gasteiger partial charge in [-0.15, -0.1) is 0 Å². The van der Waals surface area contributed by atoms with E-state index in [4.69, 9.17) is 14.5 Å². The highest BCUT2D eigenvalue weighted by atomic mass is 17.2. The maximum Gasteiger partial charge on any atom is 0.415 e. The van der Waals surface area contributed by atoms with Crippen molar-refractivity contribution in [3.05, 3.63) is 29.8 Å². The van der Waals surface area contributed by atoms with Gasteiger partial charge in [0.05, 0.1) is 12.2 Å². The summed E-state index contributed by atoms with van der Waals surface area (Å²) >= 11 is 0. The van der Waals surface area contributed by atoms with E-state index in [1.54, 1.807) is 4.90 Å². The minimum absolute atomic E-state index is 0.176. The van der Waals surface area contributed by atoms with Crippen molar-refractivity contribution >= 4 is 6.09 Å². The molecule has 3 unspecified atom stereocenters. The van der Waals surface area contributed by atoms with Crippen LogP contribution in [0.3, 0.4) is 0 Å². The Morgan fingerprint density at radius 2 is 1.58 bits per heavy atom. The van der Waals surface area contributed by atoms with Crippen LogP contribution in [0.25, 0.3) is 0 Å². The zero-order chi connectivity index (χ0) is 22.6. The van der Waals surface area contributed by atoms with Gasteiger partial charge >= 0.3 is 6.09 Å². The third kappa shape index (κ3) is 6.09. The normalized spacial score (nSPS) is 34.6. The fraction of sp³-hybridized carbons (Fsp3) is 0.741. The van der Waals surface area contributed by atoms with Gasteiger partial charge < -0.3 is 15.0 Å². The number of amides is 1. The third-order valence-electron chi connectivity index (χ3n) is 8.22. The molecule has 1 N–H and O–H groups in total. The Balaban J connectivity index is 1.09. The Bertz CT molecular complexity index is 761. The van der Waals surface area contributed by atoms with Gasteiger partial charge in [0.25, 0.3) is 0 Å². The second-order valence-electron chi connectivity index (χ2n) is 11.0. The Morgan fingerprint density at radius 3 is 2.30 bits per heavy atom. The van der Waals surface area contributed by atoms with E-state index < -0.39 is 0 Å². The van der Waals surface area contributed by atoms with Crippen molar-refractivity contribution in [3.8, 4) is 5.75 Å². The molecule has 1 aromatic rings. The second-order valence-corrected chi connectivity index (χ2v) is 11.0. The number of benzene rings is 1. The molecule has 2 bridgehead atoms. The van der Waals surface area contributed by atoms with Crippen molar-refractivity contribution in [2.45, 2.75) is 82.8 Å². The van der Waals surface area contributed by atoms with Gasteiger partial charge in [0.15, 0.2) is 0 Å². The van der Waals surface area contributed by atoms with Crippen molar-refractivity contribution in [1.82, 2.24) is 10.2 Å². The molecule has 3 aliphatic carbocycles. The number of carbonyl (C=O) groups is 1. The van der Waals surface area contributed by atoms with E-state index in [2.05, 4.69) is 24.4 Å². The van der Waals surface area contributed by atoms with Gasteiger partial charge in [-0.25, -0.2) is 14.6 Å². The lowest BCUT2D eigenvalue weighted by Gasteiger charge is -2.41. The van der Waals surface area contributed by atoms with Gasteiger partial charge in [-0.05, 0) is 92.7 Å². The fourth-order valence-electron chi connectivity index (χ4n) is 6.71. The van der Waals surface area contributed by atoms with Crippen LogP contribution < -0.4 is 10.1 Å². The average molecular weight is 457 g/mol. The van der Waals surface area contributed by atoms with Crippen LogP contribution in [0.4, 0.5) is 4.79 Å². The highest BCUT2D eigenvalue weighted by molar-refractivity contribution is 5.70. The maximum atomic E-state index is 12.3. The number of fused-ring (bicyclic) bond motifs is 2. The molecule has 1 heterocycles. The van der Waals surface area contributed by atoms with Gasteiger partial charge in [-0.2, -0.15) is 0 Å². The van der Waals surface area contributed by atoms with Crippen LogP contribution in [-0.4, -0.2) is 49.4 Å². The predicted octanol–water partition coefficient (Wildman–Crippen LogP) is 5.28. The second kappa shape index (κ2) is 10.7. The Morgan fingerprint density at radius 1 is 0.879 bits per heavy atom. The van der Waals surface area contributed by atoms with Crippen LogP contribution in [0.15, 0.2) is 24.3 Å². The van der Waals surface area contributed by atoms with Crippen LogP contribution in [0.1, 0.15) is 76.2 Å². The average Bonchev–Trinajstić information content (AvgIpc) is 2.83. The van der Waals surface area contributed by atoms with Crippen molar-refractivity contribution in [2.24, 2.45) is 17.8 Å².